The van der Waals surface area contributed by atoms with Crippen LogP contribution >= 0.6 is 11.3 Å². The van der Waals surface area contributed by atoms with Crippen LogP contribution < -0.4 is 10.1 Å². The molecule has 0 bridgehead atoms. The highest BCUT2D eigenvalue weighted by molar-refractivity contribution is 7.09. The van der Waals surface area contributed by atoms with Crippen LogP contribution in [-0.2, 0) is 6.54 Å². The van der Waals surface area contributed by atoms with E-state index in [0.29, 0.717) is 6.54 Å². The summed E-state index contributed by atoms with van der Waals surface area (Å²) in [5.41, 5.74) is 2.49. The number of hydrogen-bond acceptors (Lipinski definition) is 6. The van der Waals surface area contributed by atoms with Gasteiger partial charge in [0.05, 0.1) is 24.1 Å². The van der Waals surface area contributed by atoms with Gasteiger partial charge in [0.25, 0.3) is 0 Å². The Morgan fingerprint density at radius 1 is 1.56 bits per heavy atom. The molecular formula is C11H11N3O3S. The molecule has 2 aromatic rings. The second-order valence-corrected chi connectivity index (χ2v) is 4.44. The number of thiazole rings is 1. The minimum Gasteiger partial charge on any atom is -0.490 e. The molecule has 0 saturated carbocycles. The van der Waals surface area contributed by atoms with Crippen LogP contribution in [0.1, 0.15) is 4.88 Å². The van der Waals surface area contributed by atoms with Gasteiger partial charge in [-0.05, 0) is 6.07 Å². The lowest BCUT2D eigenvalue weighted by atomic mass is 10.2. The van der Waals surface area contributed by atoms with Crippen molar-refractivity contribution in [2.45, 2.75) is 6.54 Å². The van der Waals surface area contributed by atoms with Crippen LogP contribution in [-0.4, -0.2) is 17.0 Å². The summed E-state index contributed by atoms with van der Waals surface area (Å²) in [5, 5.41) is 13.9. The first-order chi connectivity index (χ1) is 8.70. The van der Waals surface area contributed by atoms with Gasteiger partial charge in [-0.15, -0.1) is 11.3 Å². The standard InChI is InChI=1S/C11H11N3O3S/c1-17-11-4-8(2-3-10(11)14(15)16)13-6-9-5-12-7-18-9/h2-5,7,13H,6H2,1H3. The lowest BCUT2D eigenvalue weighted by Gasteiger charge is -2.07. The molecule has 7 heteroatoms. The third-order valence-electron chi connectivity index (χ3n) is 2.33. The molecule has 0 aliphatic rings. The Hall–Kier alpha value is -2.15. The van der Waals surface area contributed by atoms with Gasteiger partial charge in [-0.25, -0.2) is 0 Å². The highest BCUT2D eigenvalue weighted by atomic mass is 32.1. The van der Waals surface area contributed by atoms with Crippen LogP contribution in [0.25, 0.3) is 0 Å². The molecule has 0 unspecified atom stereocenters. The number of aromatic nitrogens is 1. The minimum absolute atomic E-state index is 0.0409. The summed E-state index contributed by atoms with van der Waals surface area (Å²) in [6.07, 6.45) is 1.78. The number of nitro benzene ring substituents is 1. The van der Waals surface area contributed by atoms with Crippen LogP contribution in [0.15, 0.2) is 29.9 Å². The van der Waals surface area contributed by atoms with Crippen LogP contribution in [0.3, 0.4) is 0 Å². The van der Waals surface area contributed by atoms with Crippen molar-refractivity contribution in [2.75, 3.05) is 12.4 Å². The van der Waals surface area contributed by atoms with Gasteiger partial charge in [-0.3, -0.25) is 15.1 Å². The van der Waals surface area contributed by atoms with Crippen LogP contribution in [0.2, 0.25) is 0 Å². The number of benzene rings is 1. The first kappa shape index (κ1) is 12.3. The topological polar surface area (TPSA) is 77.3 Å². The Morgan fingerprint density at radius 2 is 2.39 bits per heavy atom. The molecule has 0 fully saturated rings. The minimum atomic E-state index is -0.466. The van der Waals surface area contributed by atoms with E-state index in [4.69, 9.17) is 4.74 Å². The number of ether oxygens (including phenoxy) is 1. The molecule has 1 aromatic carbocycles. The summed E-state index contributed by atoms with van der Waals surface area (Å²) >= 11 is 1.55. The molecule has 1 N–H and O–H groups in total. The monoisotopic (exact) mass is 265 g/mol. The fourth-order valence-corrected chi connectivity index (χ4v) is 1.99. The fourth-order valence-electron chi connectivity index (χ4n) is 1.46. The summed E-state index contributed by atoms with van der Waals surface area (Å²) in [6.45, 7) is 0.631. The maximum atomic E-state index is 10.7. The van der Waals surface area contributed by atoms with E-state index in [1.165, 1.54) is 13.2 Å². The zero-order chi connectivity index (χ0) is 13.0. The Bertz CT molecular complexity index is 542. The normalized spacial score (nSPS) is 10.1. The van der Waals surface area contributed by atoms with E-state index >= 15 is 0 Å². The smallest absolute Gasteiger partial charge is 0.311 e. The van der Waals surface area contributed by atoms with Crippen molar-refractivity contribution in [3.05, 3.63) is 44.9 Å². The van der Waals surface area contributed by atoms with Crippen LogP contribution in [0, 0.1) is 10.1 Å². The van der Waals surface area contributed by atoms with Crippen molar-refractivity contribution >= 4 is 22.7 Å². The number of methoxy groups -OCH3 is 1. The predicted octanol–water partition coefficient (Wildman–Crippen LogP) is 2.67. The maximum absolute atomic E-state index is 10.7. The first-order valence-corrected chi connectivity index (χ1v) is 6.02. The van der Waals surface area contributed by atoms with Gasteiger partial charge >= 0.3 is 5.69 Å². The van der Waals surface area contributed by atoms with Gasteiger partial charge in [0.2, 0.25) is 0 Å². The number of rotatable bonds is 5. The largest absolute Gasteiger partial charge is 0.490 e. The quantitative estimate of drug-likeness (QED) is 0.664. The number of nitrogens with zero attached hydrogens (tertiary/aromatic N) is 2. The molecule has 2 rings (SSSR count). The molecular weight excluding hydrogens is 254 g/mol. The van der Waals surface area contributed by atoms with E-state index in [1.54, 1.807) is 35.2 Å². The van der Waals surface area contributed by atoms with E-state index in [0.717, 1.165) is 10.6 Å². The SMILES string of the molecule is COc1cc(NCc2cncs2)ccc1[N+](=O)[O-]. The molecule has 0 saturated heterocycles. The van der Waals surface area contributed by atoms with E-state index in [9.17, 15) is 10.1 Å². The van der Waals surface area contributed by atoms with Gasteiger partial charge in [0.15, 0.2) is 5.75 Å². The highest BCUT2D eigenvalue weighted by Crippen LogP contribution is 2.29. The van der Waals surface area contributed by atoms with Crippen LogP contribution in [0.5, 0.6) is 5.75 Å². The molecule has 18 heavy (non-hydrogen) atoms. The summed E-state index contributed by atoms with van der Waals surface area (Å²) in [7, 11) is 1.41. The average molecular weight is 265 g/mol. The average Bonchev–Trinajstić information content (AvgIpc) is 2.88. The second-order valence-electron chi connectivity index (χ2n) is 3.47. The van der Waals surface area contributed by atoms with Crippen molar-refractivity contribution in [3.63, 3.8) is 0 Å². The number of nitro groups is 1. The van der Waals surface area contributed by atoms with Crippen molar-refractivity contribution in [3.8, 4) is 5.75 Å². The Balaban J connectivity index is 2.12. The van der Waals surface area contributed by atoms with Gasteiger partial charge in [0, 0.05) is 28.9 Å². The van der Waals surface area contributed by atoms with E-state index in [2.05, 4.69) is 10.3 Å². The molecule has 6 nitrogen and oxygen atoms in total. The highest BCUT2D eigenvalue weighted by Gasteiger charge is 2.14. The van der Waals surface area contributed by atoms with E-state index in [1.807, 2.05) is 0 Å². The Kier molecular flexibility index (Phi) is 3.73. The number of hydrogen-bond donors (Lipinski definition) is 1. The molecule has 0 aliphatic carbocycles. The molecule has 0 radical (unpaired) electrons. The van der Waals surface area contributed by atoms with Gasteiger partial charge in [-0.2, -0.15) is 0 Å². The van der Waals surface area contributed by atoms with Crippen molar-refractivity contribution in [1.82, 2.24) is 4.98 Å². The summed E-state index contributed by atoms with van der Waals surface area (Å²) in [6, 6.07) is 4.69. The molecule has 1 heterocycles. The molecule has 0 atom stereocenters. The molecule has 0 amide bonds. The summed E-state index contributed by atoms with van der Waals surface area (Å²) < 4.78 is 4.99. The van der Waals surface area contributed by atoms with E-state index < -0.39 is 4.92 Å². The molecule has 0 aliphatic heterocycles. The zero-order valence-electron chi connectivity index (χ0n) is 9.62. The van der Waals surface area contributed by atoms with Gasteiger partial charge < -0.3 is 10.1 Å². The first-order valence-electron chi connectivity index (χ1n) is 5.14. The lowest BCUT2D eigenvalue weighted by Crippen LogP contribution is -1.99. The Labute approximate surface area is 107 Å². The molecule has 94 valence electrons. The van der Waals surface area contributed by atoms with Crippen molar-refractivity contribution < 1.29 is 9.66 Å². The van der Waals surface area contributed by atoms with Gasteiger partial charge in [0.1, 0.15) is 0 Å². The number of nitrogens with one attached hydrogen (secondary N) is 1. The fraction of sp³-hybridized carbons (Fsp3) is 0.182. The third kappa shape index (κ3) is 2.75. The zero-order valence-corrected chi connectivity index (χ0v) is 10.4. The summed E-state index contributed by atoms with van der Waals surface area (Å²) in [4.78, 5) is 15.3. The summed E-state index contributed by atoms with van der Waals surface area (Å²) in [5.74, 6) is 0.245. The van der Waals surface area contributed by atoms with E-state index in [-0.39, 0.29) is 11.4 Å². The van der Waals surface area contributed by atoms with Crippen molar-refractivity contribution in [1.29, 1.82) is 0 Å². The lowest BCUT2D eigenvalue weighted by molar-refractivity contribution is -0.385. The molecule has 1 aromatic heterocycles. The van der Waals surface area contributed by atoms with Gasteiger partial charge in [-0.1, -0.05) is 0 Å². The predicted molar refractivity (Wildman–Crippen MR) is 69.1 cm³/mol. The number of anilines is 1. The second kappa shape index (κ2) is 5.46. The maximum Gasteiger partial charge on any atom is 0.311 e. The molecule has 0 spiro atoms. The third-order valence-corrected chi connectivity index (χ3v) is 3.11. The van der Waals surface area contributed by atoms with Crippen molar-refractivity contribution in [2.24, 2.45) is 0 Å². The Morgan fingerprint density at radius 3 is 3.00 bits per heavy atom. The van der Waals surface area contributed by atoms with Crippen LogP contribution in [0.4, 0.5) is 11.4 Å².